The molecule has 0 heterocycles. The van der Waals surface area contributed by atoms with Gasteiger partial charge in [0.05, 0.1) is 25.7 Å². The summed E-state index contributed by atoms with van der Waals surface area (Å²) in [5, 5.41) is 2.91. The van der Waals surface area contributed by atoms with Crippen molar-refractivity contribution in [3.8, 4) is 0 Å². The van der Waals surface area contributed by atoms with Gasteiger partial charge in [-0.1, -0.05) is 13.3 Å². The Morgan fingerprint density at radius 3 is 2.78 bits per heavy atom. The van der Waals surface area contributed by atoms with E-state index in [0.717, 1.165) is 19.3 Å². The molecule has 1 amide bonds. The highest BCUT2D eigenvalue weighted by atomic mass is 16.5. The maximum atomic E-state index is 12.0. The van der Waals surface area contributed by atoms with Crippen LogP contribution in [0.2, 0.25) is 0 Å². The van der Waals surface area contributed by atoms with Gasteiger partial charge in [-0.15, -0.1) is 0 Å². The van der Waals surface area contributed by atoms with Gasteiger partial charge in [0.15, 0.2) is 0 Å². The first-order valence-corrected chi connectivity index (χ1v) is 6.76. The van der Waals surface area contributed by atoms with Crippen LogP contribution in [0.5, 0.6) is 0 Å². The minimum atomic E-state index is -0.0438. The van der Waals surface area contributed by atoms with Gasteiger partial charge in [0.25, 0.3) is 0 Å². The van der Waals surface area contributed by atoms with Crippen molar-refractivity contribution in [2.45, 2.75) is 32.2 Å². The third-order valence-corrected chi connectivity index (χ3v) is 3.55. The van der Waals surface area contributed by atoms with Crippen molar-refractivity contribution in [2.75, 3.05) is 33.5 Å². The van der Waals surface area contributed by atoms with Crippen molar-refractivity contribution >= 4 is 5.91 Å². The summed E-state index contributed by atoms with van der Waals surface area (Å²) < 4.78 is 10.2. The molecule has 1 fully saturated rings. The SMILES string of the molecule is COCCOCCNC(=O)C1C(C)CCCC1N. The first-order valence-electron chi connectivity index (χ1n) is 6.76. The van der Waals surface area contributed by atoms with E-state index in [1.54, 1.807) is 7.11 Å². The monoisotopic (exact) mass is 258 g/mol. The Morgan fingerprint density at radius 1 is 1.33 bits per heavy atom. The molecule has 0 spiro atoms. The van der Waals surface area contributed by atoms with Gasteiger partial charge in [-0.2, -0.15) is 0 Å². The van der Waals surface area contributed by atoms with Gasteiger partial charge in [-0.05, 0) is 18.8 Å². The van der Waals surface area contributed by atoms with Crippen LogP contribution in [-0.2, 0) is 14.3 Å². The molecule has 1 saturated carbocycles. The number of nitrogens with one attached hydrogen (secondary N) is 1. The Bertz CT molecular complexity index is 238. The number of amides is 1. The summed E-state index contributed by atoms with van der Waals surface area (Å²) in [6.07, 6.45) is 3.18. The van der Waals surface area contributed by atoms with E-state index >= 15 is 0 Å². The highest BCUT2D eigenvalue weighted by molar-refractivity contribution is 5.79. The largest absolute Gasteiger partial charge is 0.382 e. The normalized spacial score (nSPS) is 28.1. The molecule has 0 saturated heterocycles. The minimum Gasteiger partial charge on any atom is -0.382 e. The van der Waals surface area contributed by atoms with Gasteiger partial charge in [0, 0.05) is 19.7 Å². The zero-order valence-electron chi connectivity index (χ0n) is 11.5. The molecule has 5 heteroatoms. The van der Waals surface area contributed by atoms with Crippen molar-refractivity contribution in [3.63, 3.8) is 0 Å². The number of hydrogen-bond donors (Lipinski definition) is 2. The van der Waals surface area contributed by atoms with Crippen LogP contribution in [0.1, 0.15) is 26.2 Å². The van der Waals surface area contributed by atoms with Crippen LogP contribution in [0, 0.1) is 11.8 Å². The topological polar surface area (TPSA) is 73.6 Å². The summed E-state index contributed by atoms with van der Waals surface area (Å²) in [6, 6.07) is 0.00293. The maximum Gasteiger partial charge on any atom is 0.225 e. The maximum absolute atomic E-state index is 12.0. The van der Waals surface area contributed by atoms with Gasteiger partial charge in [0.1, 0.15) is 0 Å². The van der Waals surface area contributed by atoms with E-state index in [-0.39, 0.29) is 17.9 Å². The van der Waals surface area contributed by atoms with Crippen molar-refractivity contribution in [2.24, 2.45) is 17.6 Å². The number of nitrogens with two attached hydrogens (primary N) is 1. The second-order valence-electron chi connectivity index (χ2n) is 4.99. The number of methoxy groups -OCH3 is 1. The summed E-state index contributed by atoms with van der Waals surface area (Å²) in [7, 11) is 1.64. The molecule has 3 unspecified atom stereocenters. The Labute approximate surface area is 109 Å². The van der Waals surface area contributed by atoms with Crippen LogP contribution in [0.15, 0.2) is 0 Å². The molecule has 0 aromatic carbocycles. The van der Waals surface area contributed by atoms with Gasteiger partial charge >= 0.3 is 0 Å². The molecule has 0 radical (unpaired) electrons. The summed E-state index contributed by atoms with van der Waals surface area (Å²) in [4.78, 5) is 12.0. The van der Waals surface area contributed by atoms with Crippen LogP contribution < -0.4 is 11.1 Å². The van der Waals surface area contributed by atoms with Crippen molar-refractivity contribution < 1.29 is 14.3 Å². The second-order valence-corrected chi connectivity index (χ2v) is 4.99. The van der Waals surface area contributed by atoms with E-state index in [4.69, 9.17) is 15.2 Å². The predicted octanol–water partition coefficient (Wildman–Crippen LogP) is 0.529. The lowest BCUT2D eigenvalue weighted by Crippen LogP contribution is -2.47. The number of hydrogen-bond acceptors (Lipinski definition) is 4. The number of rotatable bonds is 7. The molecule has 5 nitrogen and oxygen atoms in total. The molecule has 0 aromatic rings. The third-order valence-electron chi connectivity index (χ3n) is 3.55. The second kappa shape index (κ2) is 8.45. The molecule has 1 aliphatic rings. The first kappa shape index (κ1) is 15.4. The molecule has 3 atom stereocenters. The summed E-state index contributed by atoms with van der Waals surface area (Å²) in [6.45, 7) is 4.31. The van der Waals surface area contributed by atoms with Crippen LogP contribution >= 0.6 is 0 Å². The first-order chi connectivity index (χ1) is 8.66. The molecule has 18 heavy (non-hydrogen) atoms. The molecule has 106 valence electrons. The molecular formula is C13H26N2O3. The fraction of sp³-hybridized carbons (Fsp3) is 0.923. The lowest BCUT2D eigenvalue weighted by Gasteiger charge is -2.33. The molecule has 0 bridgehead atoms. The van der Waals surface area contributed by atoms with Crippen molar-refractivity contribution in [3.05, 3.63) is 0 Å². The van der Waals surface area contributed by atoms with Gasteiger partial charge in [0.2, 0.25) is 5.91 Å². The molecule has 1 aliphatic carbocycles. The van der Waals surface area contributed by atoms with Crippen molar-refractivity contribution in [1.29, 1.82) is 0 Å². The fourth-order valence-corrected chi connectivity index (χ4v) is 2.52. The standard InChI is InChI=1S/C13H26N2O3/c1-10-4-3-5-11(14)12(10)13(16)15-6-7-18-9-8-17-2/h10-12H,3-9,14H2,1-2H3,(H,15,16). The van der Waals surface area contributed by atoms with E-state index in [0.29, 0.717) is 32.3 Å². The molecule has 3 N–H and O–H groups in total. The van der Waals surface area contributed by atoms with Crippen molar-refractivity contribution in [1.82, 2.24) is 5.32 Å². The summed E-state index contributed by atoms with van der Waals surface area (Å²) >= 11 is 0. The third kappa shape index (κ3) is 4.92. The number of ether oxygens (including phenoxy) is 2. The number of carbonyl (C=O) groups excluding carboxylic acids is 1. The molecule has 1 rings (SSSR count). The predicted molar refractivity (Wildman–Crippen MR) is 70.2 cm³/mol. The average Bonchev–Trinajstić information content (AvgIpc) is 2.33. The van der Waals surface area contributed by atoms with Gasteiger partial charge in [-0.3, -0.25) is 4.79 Å². The minimum absolute atomic E-state index is 0.00293. The van der Waals surface area contributed by atoms with E-state index < -0.39 is 0 Å². The average molecular weight is 258 g/mol. The zero-order valence-corrected chi connectivity index (χ0v) is 11.5. The quantitative estimate of drug-likeness (QED) is 0.653. The lowest BCUT2D eigenvalue weighted by molar-refractivity contribution is -0.128. The summed E-state index contributed by atoms with van der Waals surface area (Å²) in [5.74, 6) is 0.408. The Hall–Kier alpha value is -0.650. The smallest absolute Gasteiger partial charge is 0.225 e. The number of carbonyl (C=O) groups is 1. The van der Waals surface area contributed by atoms with Crippen LogP contribution in [-0.4, -0.2) is 45.4 Å². The van der Waals surface area contributed by atoms with Crippen LogP contribution in [0.3, 0.4) is 0 Å². The highest BCUT2D eigenvalue weighted by Crippen LogP contribution is 2.28. The van der Waals surface area contributed by atoms with E-state index in [2.05, 4.69) is 12.2 Å². The van der Waals surface area contributed by atoms with Gasteiger partial charge in [-0.25, -0.2) is 0 Å². The lowest BCUT2D eigenvalue weighted by atomic mass is 9.76. The fourth-order valence-electron chi connectivity index (χ4n) is 2.52. The van der Waals surface area contributed by atoms with E-state index in [9.17, 15) is 4.79 Å². The Morgan fingerprint density at radius 2 is 2.11 bits per heavy atom. The highest BCUT2D eigenvalue weighted by Gasteiger charge is 2.33. The Balaban J connectivity index is 2.18. The van der Waals surface area contributed by atoms with Crippen LogP contribution in [0.25, 0.3) is 0 Å². The molecule has 0 aromatic heterocycles. The summed E-state index contributed by atoms with van der Waals surface area (Å²) in [5.41, 5.74) is 6.03. The zero-order chi connectivity index (χ0) is 13.4. The molecular weight excluding hydrogens is 232 g/mol. The molecule has 0 aliphatic heterocycles. The van der Waals surface area contributed by atoms with Crippen LogP contribution in [0.4, 0.5) is 0 Å². The van der Waals surface area contributed by atoms with E-state index in [1.165, 1.54) is 0 Å². The Kier molecular flexibility index (Phi) is 7.23. The van der Waals surface area contributed by atoms with E-state index in [1.807, 2.05) is 0 Å². The van der Waals surface area contributed by atoms with Gasteiger partial charge < -0.3 is 20.5 Å².